The molecule has 2 aromatic carbocycles. The van der Waals surface area contributed by atoms with Crippen LogP contribution >= 0.6 is 0 Å². The van der Waals surface area contributed by atoms with E-state index < -0.39 is 27.7 Å². The molecule has 9 nitrogen and oxygen atoms in total. The van der Waals surface area contributed by atoms with Gasteiger partial charge < -0.3 is 10.1 Å². The van der Waals surface area contributed by atoms with E-state index in [-0.39, 0.29) is 35.9 Å². The second kappa shape index (κ2) is 9.52. The fraction of sp³-hybridized carbons (Fsp3) is 0.286. The van der Waals surface area contributed by atoms with Crippen LogP contribution in [0.1, 0.15) is 21.6 Å². The summed E-state index contributed by atoms with van der Waals surface area (Å²) in [5.41, 5.74) is -0.690. The number of hydrogen-bond donors (Lipinski definition) is 1. The summed E-state index contributed by atoms with van der Waals surface area (Å²) in [5.74, 6) is -0.638. The molecule has 1 amide bonds. The highest BCUT2D eigenvalue weighted by atomic mass is 32.2. The molecule has 0 aliphatic carbocycles. The maximum absolute atomic E-state index is 13.2. The maximum Gasteiger partial charge on any atom is 0.418 e. The Balaban J connectivity index is 1.41. The molecule has 0 spiro atoms. The molecule has 13 heteroatoms. The highest BCUT2D eigenvalue weighted by molar-refractivity contribution is 7.89. The summed E-state index contributed by atoms with van der Waals surface area (Å²) in [7, 11) is -3.63. The summed E-state index contributed by atoms with van der Waals surface area (Å²) in [4.78, 5) is 12.5. The number of hydrogen-bond acceptors (Lipinski definition) is 6. The van der Waals surface area contributed by atoms with Crippen molar-refractivity contribution in [3.63, 3.8) is 0 Å². The summed E-state index contributed by atoms with van der Waals surface area (Å²) in [6.45, 7) is 1.32. The number of carbonyl (C=O) groups excluding carboxylic acids is 1. The summed E-state index contributed by atoms with van der Waals surface area (Å²) in [6.07, 6.45) is -3.48. The zero-order chi connectivity index (χ0) is 24.3. The van der Waals surface area contributed by atoms with Gasteiger partial charge in [-0.15, -0.1) is 5.10 Å². The minimum atomic E-state index is -4.59. The predicted octanol–water partition coefficient (Wildman–Crippen LogP) is 2.24. The quantitative estimate of drug-likeness (QED) is 0.562. The first-order valence-corrected chi connectivity index (χ1v) is 11.6. The molecule has 1 aliphatic rings. The van der Waals surface area contributed by atoms with Crippen molar-refractivity contribution in [2.75, 3.05) is 26.3 Å². The summed E-state index contributed by atoms with van der Waals surface area (Å²) in [6, 6.07) is 10.9. The number of sulfonamides is 1. The number of nitrogens with one attached hydrogen (secondary N) is 1. The molecule has 0 unspecified atom stereocenters. The predicted molar refractivity (Wildman–Crippen MR) is 114 cm³/mol. The number of halogens is 3. The summed E-state index contributed by atoms with van der Waals surface area (Å²) >= 11 is 0. The lowest BCUT2D eigenvalue weighted by Crippen LogP contribution is -2.40. The van der Waals surface area contributed by atoms with E-state index in [1.54, 1.807) is 12.1 Å². The van der Waals surface area contributed by atoms with Crippen molar-refractivity contribution in [2.24, 2.45) is 0 Å². The average Bonchev–Trinajstić information content (AvgIpc) is 3.33. The normalized spacial score (nSPS) is 15.3. The van der Waals surface area contributed by atoms with E-state index in [1.807, 2.05) is 0 Å². The Morgan fingerprint density at radius 2 is 1.74 bits per heavy atom. The average molecular weight is 495 g/mol. The van der Waals surface area contributed by atoms with Gasteiger partial charge in [-0.2, -0.15) is 17.5 Å². The molecule has 1 aliphatic heterocycles. The molecule has 0 radical (unpaired) electrons. The van der Waals surface area contributed by atoms with Gasteiger partial charge in [0.2, 0.25) is 10.0 Å². The van der Waals surface area contributed by atoms with Crippen LogP contribution in [0.15, 0.2) is 59.6 Å². The number of benzene rings is 2. The van der Waals surface area contributed by atoms with Crippen molar-refractivity contribution < 1.29 is 31.1 Å². The molecular formula is C21H20F3N5O4S. The van der Waals surface area contributed by atoms with Crippen molar-refractivity contribution in [1.82, 2.24) is 24.6 Å². The zero-order valence-corrected chi connectivity index (χ0v) is 18.5. The van der Waals surface area contributed by atoms with Crippen molar-refractivity contribution in [3.8, 4) is 5.69 Å². The van der Waals surface area contributed by atoms with Crippen LogP contribution in [0.5, 0.6) is 0 Å². The van der Waals surface area contributed by atoms with Crippen LogP contribution in [0.3, 0.4) is 0 Å². The van der Waals surface area contributed by atoms with Gasteiger partial charge in [-0.3, -0.25) is 4.79 Å². The summed E-state index contributed by atoms with van der Waals surface area (Å²) in [5, 5.41) is 9.90. The summed E-state index contributed by atoms with van der Waals surface area (Å²) < 4.78 is 72.4. The fourth-order valence-electron chi connectivity index (χ4n) is 3.39. The van der Waals surface area contributed by atoms with Crippen molar-refractivity contribution in [2.45, 2.75) is 17.6 Å². The molecule has 0 bridgehead atoms. The topological polar surface area (TPSA) is 106 Å². The molecule has 1 N–H and O–H groups in total. The second-order valence-corrected chi connectivity index (χ2v) is 9.34. The van der Waals surface area contributed by atoms with E-state index in [0.717, 1.165) is 16.9 Å². The van der Waals surface area contributed by atoms with Crippen LogP contribution in [0.4, 0.5) is 13.2 Å². The number of para-hydroxylation sites is 1. The van der Waals surface area contributed by atoms with E-state index in [1.165, 1.54) is 34.6 Å². The monoisotopic (exact) mass is 495 g/mol. The number of morpholine rings is 1. The van der Waals surface area contributed by atoms with Gasteiger partial charge in [0.05, 0.1) is 35.6 Å². The van der Waals surface area contributed by atoms with Crippen molar-refractivity contribution in [1.29, 1.82) is 0 Å². The molecule has 3 aromatic rings. The van der Waals surface area contributed by atoms with E-state index in [0.29, 0.717) is 18.8 Å². The van der Waals surface area contributed by atoms with Gasteiger partial charge >= 0.3 is 6.18 Å². The third-order valence-corrected chi connectivity index (χ3v) is 7.08. The number of aromatic nitrogens is 3. The minimum Gasteiger partial charge on any atom is -0.379 e. The Kier molecular flexibility index (Phi) is 6.68. The van der Waals surface area contributed by atoms with E-state index in [2.05, 4.69) is 15.6 Å². The van der Waals surface area contributed by atoms with Crippen LogP contribution in [0.2, 0.25) is 0 Å². The molecule has 0 saturated carbocycles. The molecule has 4 rings (SSSR count). The Morgan fingerprint density at radius 1 is 1.06 bits per heavy atom. The van der Waals surface area contributed by atoms with Gasteiger partial charge in [-0.25, -0.2) is 13.1 Å². The van der Waals surface area contributed by atoms with Gasteiger partial charge in [-0.1, -0.05) is 29.5 Å². The van der Waals surface area contributed by atoms with Gasteiger partial charge in [-0.05, 0) is 29.8 Å². The van der Waals surface area contributed by atoms with Gasteiger partial charge in [0.25, 0.3) is 5.91 Å². The first kappa shape index (κ1) is 23.9. The molecule has 34 heavy (non-hydrogen) atoms. The third kappa shape index (κ3) is 5.11. The van der Waals surface area contributed by atoms with Gasteiger partial charge in [0, 0.05) is 19.6 Å². The Labute approximate surface area is 193 Å². The molecule has 0 atom stereocenters. The van der Waals surface area contributed by atoms with E-state index in [9.17, 15) is 26.4 Å². The van der Waals surface area contributed by atoms with Crippen LogP contribution in [0, 0.1) is 0 Å². The third-order valence-electron chi connectivity index (χ3n) is 5.17. The van der Waals surface area contributed by atoms with Gasteiger partial charge in [0.1, 0.15) is 0 Å². The second-order valence-electron chi connectivity index (χ2n) is 7.41. The molecule has 2 heterocycles. The maximum atomic E-state index is 13.2. The largest absolute Gasteiger partial charge is 0.418 e. The number of carbonyl (C=O) groups is 1. The number of rotatable bonds is 6. The molecular weight excluding hydrogens is 475 g/mol. The van der Waals surface area contributed by atoms with Gasteiger partial charge in [0.15, 0.2) is 5.69 Å². The number of ether oxygens (including phenoxy) is 1. The van der Waals surface area contributed by atoms with Crippen LogP contribution in [-0.2, 0) is 27.5 Å². The Hall–Kier alpha value is -3.29. The zero-order valence-electron chi connectivity index (χ0n) is 17.7. The van der Waals surface area contributed by atoms with Crippen LogP contribution in [-0.4, -0.2) is 59.9 Å². The Bertz CT molecular complexity index is 1270. The number of nitrogens with zero attached hydrogens (tertiary/aromatic N) is 4. The lowest BCUT2D eigenvalue weighted by atomic mass is 10.1. The molecule has 180 valence electrons. The van der Waals surface area contributed by atoms with Crippen LogP contribution in [0.25, 0.3) is 5.69 Å². The SMILES string of the molecule is O=C(NCc1ccc(S(=O)(=O)N2CCOCC2)cc1)c1cn(-c2ccccc2C(F)(F)F)nn1. The fourth-order valence-corrected chi connectivity index (χ4v) is 4.79. The molecule has 1 aromatic heterocycles. The smallest absolute Gasteiger partial charge is 0.379 e. The first-order chi connectivity index (χ1) is 16.2. The molecule has 1 fully saturated rings. The highest BCUT2D eigenvalue weighted by Gasteiger charge is 2.34. The molecule has 1 saturated heterocycles. The van der Waals surface area contributed by atoms with Crippen LogP contribution < -0.4 is 5.32 Å². The first-order valence-electron chi connectivity index (χ1n) is 10.2. The Morgan fingerprint density at radius 3 is 2.41 bits per heavy atom. The lowest BCUT2D eigenvalue weighted by molar-refractivity contribution is -0.137. The van der Waals surface area contributed by atoms with Crippen molar-refractivity contribution >= 4 is 15.9 Å². The van der Waals surface area contributed by atoms with E-state index >= 15 is 0 Å². The lowest BCUT2D eigenvalue weighted by Gasteiger charge is -2.26. The minimum absolute atomic E-state index is 0.0582. The standard InChI is InChI=1S/C21H20F3N5O4S/c22-21(23,24)17-3-1-2-4-19(17)29-14-18(26-27-29)20(30)25-13-15-5-7-16(8-6-15)34(31,32)28-9-11-33-12-10-28/h1-8,14H,9-13H2,(H,25,30). The number of alkyl halides is 3. The number of amides is 1. The van der Waals surface area contributed by atoms with Crippen molar-refractivity contribution in [3.05, 3.63) is 71.5 Å². The van der Waals surface area contributed by atoms with E-state index in [4.69, 9.17) is 4.74 Å². The highest BCUT2D eigenvalue weighted by Crippen LogP contribution is 2.33.